The fourth-order valence-corrected chi connectivity index (χ4v) is 3.57. The minimum Gasteiger partial charge on any atom is -0.444 e. The largest absolute Gasteiger partial charge is 0.444 e. The normalized spacial score (nSPS) is 18.2. The Bertz CT molecular complexity index is 540. The third kappa shape index (κ3) is 9.58. The third-order valence-corrected chi connectivity index (χ3v) is 5.60. The van der Waals surface area contributed by atoms with Gasteiger partial charge in [0.2, 0.25) is 0 Å². The standard InChI is InChI=1S/C22H43N5O2.HI/c1-7-23-20(24-13-16-25(6)8-2)26-14-11-19(12-15-26)27(17-18-9-10-18)21(28)29-22(3,4)5;/h18-19H,7-17H2,1-6H3,(H,23,24);1H. The van der Waals surface area contributed by atoms with E-state index in [1.165, 1.54) is 12.8 Å². The van der Waals surface area contributed by atoms with Crippen molar-refractivity contribution >= 4 is 36.0 Å². The molecule has 7 nitrogen and oxygen atoms in total. The fraction of sp³-hybridized carbons (Fsp3) is 0.909. The lowest BCUT2D eigenvalue weighted by atomic mass is 10.0. The first-order valence-corrected chi connectivity index (χ1v) is 11.4. The summed E-state index contributed by atoms with van der Waals surface area (Å²) in [5, 5.41) is 3.44. The Labute approximate surface area is 201 Å². The SMILES string of the molecule is CCNC(=NCCN(C)CC)N1CCC(N(CC2CC2)C(=O)OC(C)(C)C)CC1.I. The molecular formula is C22H44IN5O2. The molecular weight excluding hydrogens is 493 g/mol. The van der Waals surface area contributed by atoms with Crippen LogP contribution in [0.15, 0.2) is 4.99 Å². The van der Waals surface area contributed by atoms with Gasteiger partial charge < -0.3 is 24.8 Å². The van der Waals surface area contributed by atoms with E-state index in [4.69, 9.17) is 9.73 Å². The minimum absolute atomic E-state index is 0. The number of likely N-dealkylation sites (N-methyl/N-ethyl adjacent to an activating group) is 1. The number of piperidine rings is 1. The first-order chi connectivity index (χ1) is 13.7. The molecule has 2 aliphatic rings. The lowest BCUT2D eigenvalue weighted by Crippen LogP contribution is -2.52. The molecule has 0 unspecified atom stereocenters. The number of hydrogen-bond donors (Lipinski definition) is 1. The molecule has 1 aliphatic carbocycles. The van der Waals surface area contributed by atoms with Gasteiger partial charge in [-0.25, -0.2) is 4.79 Å². The second-order valence-corrected chi connectivity index (χ2v) is 9.43. The Morgan fingerprint density at radius 1 is 1.17 bits per heavy atom. The van der Waals surface area contributed by atoms with E-state index in [0.29, 0.717) is 5.92 Å². The molecule has 0 atom stereocenters. The first-order valence-electron chi connectivity index (χ1n) is 11.4. The summed E-state index contributed by atoms with van der Waals surface area (Å²) in [6.45, 7) is 16.5. The molecule has 0 bridgehead atoms. The van der Waals surface area contributed by atoms with Gasteiger partial charge in [0.1, 0.15) is 5.60 Å². The molecule has 1 saturated carbocycles. The molecule has 1 saturated heterocycles. The van der Waals surface area contributed by atoms with Gasteiger partial charge in [0.15, 0.2) is 5.96 Å². The smallest absolute Gasteiger partial charge is 0.410 e. The van der Waals surface area contributed by atoms with Crippen molar-refractivity contribution in [2.75, 3.05) is 52.9 Å². The van der Waals surface area contributed by atoms with Crippen molar-refractivity contribution < 1.29 is 9.53 Å². The van der Waals surface area contributed by atoms with E-state index in [-0.39, 0.29) is 36.1 Å². The van der Waals surface area contributed by atoms with E-state index >= 15 is 0 Å². The van der Waals surface area contributed by atoms with Crippen LogP contribution in [0.3, 0.4) is 0 Å². The van der Waals surface area contributed by atoms with Crippen molar-refractivity contribution in [1.82, 2.24) is 20.0 Å². The molecule has 0 aromatic heterocycles. The Hall–Kier alpha value is -0.770. The number of guanidine groups is 1. The summed E-state index contributed by atoms with van der Waals surface area (Å²) in [5.41, 5.74) is -0.448. The Balaban J connectivity index is 0.00000450. The van der Waals surface area contributed by atoms with Crippen molar-refractivity contribution in [1.29, 1.82) is 0 Å². The number of halogens is 1. The van der Waals surface area contributed by atoms with Crippen LogP contribution in [-0.4, -0.2) is 91.3 Å². The van der Waals surface area contributed by atoms with Crippen LogP contribution in [0.25, 0.3) is 0 Å². The van der Waals surface area contributed by atoms with Gasteiger partial charge in [0, 0.05) is 38.8 Å². The lowest BCUT2D eigenvalue weighted by Gasteiger charge is -2.40. The van der Waals surface area contributed by atoms with Gasteiger partial charge in [-0.05, 0) is 72.9 Å². The van der Waals surface area contributed by atoms with Crippen LogP contribution >= 0.6 is 24.0 Å². The first kappa shape index (κ1) is 27.3. The van der Waals surface area contributed by atoms with Crippen LogP contribution in [0, 0.1) is 5.92 Å². The molecule has 1 N–H and O–H groups in total. The van der Waals surface area contributed by atoms with E-state index < -0.39 is 5.60 Å². The van der Waals surface area contributed by atoms with Crippen LogP contribution in [0.2, 0.25) is 0 Å². The van der Waals surface area contributed by atoms with Gasteiger partial charge in [-0.2, -0.15) is 0 Å². The highest BCUT2D eigenvalue weighted by molar-refractivity contribution is 14.0. The number of carbonyl (C=O) groups excluding carboxylic acids is 1. The summed E-state index contributed by atoms with van der Waals surface area (Å²) in [5.74, 6) is 1.66. The lowest BCUT2D eigenvalue weighted by molar-refractivity contribution is 0.00928. The second-order valence-electron chi connectivity index (χ2n) is 9.43. The maximum Gasteiger partial charge on any atom is 0.410 e. The summed E-state index contributed by atoms with van der Waals surface area (Å²) in [4.78, 5) is 24.3. The molecule has 1 amide bonds. The summed E-state index contributed by atoms with van der Waals surface area (Å²) in [6.07, 6.45) is 4.26. The average Bonchev–Trinajstić information content (AvgIpc) is 3.48. The molecule has 0 aromatic rings. The average molecular weight is 538 g/mol. The van der Waals surface area contributed by atoms with E-state index in [1.54, 1.807) is 0 Å². The number of aliphatic imine (C=N–C) groups is 1. The summed E-state index contributed by atoms with van der Waals surface area (Å²) in [6, 6.07) is 0.260. The Kier molecular flexibility index (Phi) is 11.8. The number of hydrogen-bond acceptors (Lipinski definition) is 4. The Morgan fingerprint density at radius 2 is 1.80 bits per heavy atom. The predicted octanol–water partition coefficient (Wildman–Crippen LogP) is 3.63. The van der Waals surface area contributed by atoms with Crippen LogP contribution in [0.4, 0.5) is 4.79 Å². The molecule has 0 radical (unpaired) electrons. The maximum absolute atomic E-state index is 12.8. The number of carbonyl (C=O) groups is 1. The van der Waals surface area contributed by atoms with E-state index in [2.05, 4.69) is 36.0 Å². The molecule has 176 valence electrons. The van der Waals surface area contributed by atoms with Gasteiger partial charge >= 0.3 is 6.09 Å². The van der Waals surface area contributed by atoms with Gasteiger partial charge in [0.25, 0.3) is 0 Å². The number of rotatable bonds is 8. The number of amides is 1. The van der Waals surface area contributed by atoms with E-state index in [1.807, 2.05) is 25.7 Å². The zero-order valence-corrected chi connectivity index (χ0v) is 22.3. The number of nitrogens with one attached hydrogen (secondary N) is 1. The number of nitrogens with zero attached hydrogens (tertiary/aromatic N) is 4. The minimum atomic E-state index is -0.448. The summed E-state index contributed by atoms with van der Waals surface area (Å²) >= 11 is 0. The van der Waals surface area contributed by atoms with Gasteiger partial charge in [-0.15, -0.1) is 24.0 Å². The molecule has 30 heavy (non-hydrogen) atoms. The molecule has 1 heterocycles. The van der Waals surface area contributed by atoms with Crippen LogP contribution in [-0.2, 0) is 4.74 Å². The molecule has 1 aliphatic heterocycles. The third-order valence-electron chi connectivity index (χ3n) is 5.60. The molecule has 8 heteroatoms. The van der Waals surface area contributed by atoms with Crippen molar-refractivity contribution in [3.8, 4) is 0 Å². The zero-order valence-electron chi connectivity index (χ0n) is 19.9. The van der Waals surface area contributed by atoms with Crippen LogP contribution < -0.4 is 5.32 Å². The molecule has 2 fully saturated rings. The molecule has 2 rings (SSSR count). The molecule has 0 aromatic carbocycles. The zero-order chi connectivity index (χ0) is 21.4. The van der Waals surface area contributed by atoms with Crippen molar-refractivity contribution in [2.45, 2.75) is 71.9 Å². The maximum atomic E-state index is 12.8. The van der Waals surface area contributed by atoms with E-state index in [9.17, 15) is 4.79 Å². The van der Waals surface area contributed by atoms with Crippen LogP contribution in [0.1, 0.15) is 60.3 Å². The van der Waals surface area contributed by atoms with E-state index in [0.717, 1.165) is 64.6 Å². The highest BCUT2D eigenvalue weighted by atomic mass is 127. The highest BCUT2D eigenvalue weighted by Gasteiger charge is 2.35. The summed E-state index contributed by atoms with van der Waals surface area (Å²) < 4.78 is 5.71. The van der Waals surface area contributed by atoms with Crippen molar-refractivity contribution in [3.63, 3.8) is 0 Å². The van der Waals surface area contributed by atoms with Crippen molar-refractivity contribution in [3.05, 3.63) is 0 Å². The summed E-state index contributed by atoms with van der Waals surface area (Å²) in [7, 11) is 2.12. The van der Waals surface area contributed by atoms with Crippen molar-refractivity contribution in [2.24, 2.45) is 10.9 Å². The fourth-order valence-electron chi connectivity index (χ4n) is 3.57. The predicted molar refractivity (Wildman–Crippen MR) is 135 cm³/mol. The topological polar surface area (TPSA) is 60.4 Å². The van der Waals surface area contributed by atoms with Gasteiger partial charge in [-0.1, -0.05) is 6.92 Å². The van der Waals surface area contributed by atoms with Crippen LogP contribution in [0.5, 0.6) is 0 Å². The number of ether oxygens (including phenoxy) is 1. The van der Waals surface area contributed by atoms with Gasteiger partial charge in [-0.3, -0.25) is 4.99 Å². The molecule has 0 spiro atoms. The highest BCUT2D eigenvalue weighted by Crippen LogP contribution is 2.32. The quantitative estimate of drug-likeness (QED) is 0.291. The van der Waals surface area contributed by atoms with Gasteiger partial charge in [0.05, 0.1) is 6.54 Å². The monoisotopic (exact) mass is 537 g/mol. The Morgan fingerprint density at radius 3 is 2.30 bits per heavy atom. The second kappa shape index (κ2) is 12.9. The number of likely N-dealkylation sites (tertiary alicyclic amines) is 1.